The Morgan fingerprint density at radius 2 is 1.94 bits per heavy atom. The van der Waals surface area contributed by atoms with Crippen LogP contribution in [0.25, 0.3) is 0 Å². The molecular weight excluding hydrogens is 308 g/mol. The van der Waals surface area contributed by atoms with Crippen molar-refractivity contribution in [2.45, 2.75) is 13.8 Å². The zero-order valence-corrected chi connectivity index (χ0v) is 12.0. The van der Waals surface area contributed by atoms with Crippen LogP contribution in [0.2, 0.25) is 5.15 Å². The third kappa shape index (κ3) is 2.56. The molecule has 0 aliphatic carbocycles. The summed E-state index contributed by atoms with van der Waals surface area (Å²) in [5.74, 6) is 0. The Bertz CT molecular complexity index is 501. The van der Waals surface area contributed by atoms with Crippen molar-refractivity contribution in [3.63, 3.8) is 0 Å². The molecule has 16 heavy (non-hydrogen) atoms. The Labute approximate surface area is 112 Å². The maximum atomic E-state index is 5.78. The molecule has 1 aromatic heterocycles. The van der Waals surface area contributed by atoms with Gasteiger partial charge in [-0.1, -0.05) is 27.5 Å². The Morgan fingerprint density at radius 3 is 2.44 bits per heavy atom. The molecule has 0 aliphatic rings. The van der Waals surface area contributed by atoms with Crippen molar-refractivity contribution in [1.82, 2.24) is 4.98 Å². The summed E-state index contributed by atoms with van der Waals surface area (Å²) < 4.78 is 1.09. The van der Waals surface area contributed by atoms with Crippen LogP contribution >= 0.6 is 38.9 Å². The van der Waals surface area contributed by atoms with Crippen LogP contribution in [0.15, 0.2) is 22.0 Å². The Hall–Kier alpha value is -0.580. The van der Waals surface area contributed by atoms with E-state index >= 15 is 0 Å². The number of nitrogens with zero attached hydrogens (tertiary/aromatic N) is 1. The molecule has 2 rings (SSSR count). The van der Waals surface area contributed by atoms with Crippen LogP contribution in [0, 0.1) is 13.8 Å². The average Bonchev–Trinajstić information content (AvgIpc) is 2.58. The number of thiazole rings is 1. The number of halogens is 2. The minimum atomic E-state index is 0.528. The first-order valence-corrected chi connectivity index (χ1v) is 6.76. The number of hydrogen-bond donors (Lipinski definition) is 1. The summed E-state index contributed by atoms with van der Waals surface area (Å²) in [7, 11) is 0. The van der Waals surface area contributed by atoms with Crippen LogP contribution in [-0.4, -0.2) is 4.98 Å². The number of rotatable bonds is 2. The molecule has 5 heteroatoms. The fourth-order valence-corrected chi connectivity index (χ4v) is 3.05. The number of hydrogen-bond acceptors (Lipinski definition) is 3. The molecule has 2 nitrogen and oxygen atoms in total. The first kappa shape index (κ1) is 11.9. The minimum Gasteiger partial charge on any atom is -0.331 e. The third-order valence-electron chi connectivity index (χ3n) is 2.21. The second-order valence-electron chi connectivity index (χ2n) is 3.51. The normalized spacial score (nSPS) is 10.5. The first-order chi connectivity index (χ1) is 7.56. The minimum absolute atomic E-state index is 0.528. The number of anilines is 2. The number of nitrogens with one attached hydrogen (secondary N) is 1. The van der Waals surface area contributed by atoms with Crippen molar-refractivity contribution < 1.29 is 0 Å². The second kappa shape index (κ2) is 4.73. The van der Waals surface area contributed by atoms with Gasteiger partial charge in [0.05, 0.1) is 0 Å². The van der Waals surface area contributed by atoms with E-state index in [-0.39, 0.29) is 0 Å². The molecule has 0 spiro atoms. The summed E-state index contributed by atoms with van der Waals surface area (Å²) in [4.78, 5) is 4.17. The lowest BCUT2D eigenvalue weighted by Gasteiger charge is -2.10. The van der Waals surface area contributed by atoms with E-state index in [1.807, 2.05) is 5.38 Å². The lowest BCUT2D eigenvalue weighted by molar-refractivity contribution is 1.32. The van der Waals surface area contributed by atoms with Crippen molar-refractivity contribution in [1.29, 1.82) is 0 Å². The van der Waals surface area contributed by atoms with Crippen molar-refractivity contribution in [2.24, 2.45) is 0 Å². The maximum absolute atomic E-state index is 5.78. The SMILES string of the molecule is Cc1cc(Br)cc(C)c1Nc1nc(Cl)cs1. The van der Waals surface area contributed by atoms with Crippen LogP contribution in [0.5, 0.6) is 0 Å². The third-order valence-corrected chi connectivity index (χ3v) is 3.74. The Kier molecular flexibility index (Phi) is 3.52. The van der Waals surface area contributed by atoms with Gasteiger partial charge in [-0.2, -0.15) is 0 Å². The molecule has 1 heterocycles. The van der Waals surface area contributed by atoms with E-state index in [2.05, 4.69) is 52.2 Å². The molecule has 0 saturated heterocycles. The van der Waals surface area contributed by atoms with Gasteiger partial charge in [0.25, 0.3) is 0 Å². The van der Waals surface area contributed by atoms with Crippen LogP contribution in [0.3, 0.4) is 0 Å². The van der Waals surface area contributed by atoms with E-state index in [0.29, 0.717) is 5.15 Å². The zero-order chi connectivity index (χ0) is 11.7. The zero-order valence-electron chi connectivity index (χ0n) is 8.84. The van der Waals surface area contributed by atoms with Gasteiger partial charge in [0, 0.05) is 15.5 Å². The van der Waals surface area contributed by atoms with E-state index in [1.165, 1.54) is 22.5 Å². The molecule has 0 amide bonds. The average molecular weight is 318 g/mol. The molecule has 0 atom stereocenters. The molecule has 0 radical (unpaired) electrons. The summed E-state index contributed by atoms with van der Waals surface area (Å²) in [6.07, 6.45) is 0. The van der Waals surface area contributed by atoms with Gasteiger partial charge < -0.3 is 5.32 Å². The molecule has 0 fully saturated rings. The Balaban J connectivity index is 2.34. The van der Waals surface area contributed by atoms with Gasteiger partial charge in [-0.3, -0.25) is 0 Å². The summed E-state index contributed by atoms with van der Waals surface area (Å²) in [6, 6.07) is 4.15. The predicted octanol–water partition coefficient (Wildman–Crippen LogP) is 4.92. The van der Waals surface area contributed by atoms with E-state index in [0.717, 1.165) is 15.3 Å². The van der Waals surface area contributed by atoms with Gasteiger partial charge in [0.15, 0.2) is 5.13 Å². The molecule has 0 unspecified atom stereocenters. The number of aromatic nitrogens is 1. The lowest BCUT2D eigenvalue weighted by atomic mass is 10.1. The van der Waals surface area contributed by atoms with E-state index in [1.54, 1.807) is 0 Å². The van der Waals surface area contributed by atoms with Gasteiger partial charge in [-0.15, -0.1) is 11.3 Å². The van der Waals surface area contributed by atoms with Gasteiger partial charge in [0.1, 0.15) is 5.15 Å². The van der Waals surface area contributed by atoms with E-state index < -0.39 is 0 Å². The Morgan fingerprint density at radius 1 is 1.31 bits per heavy atom. The van der Waals surface area contributed by atoms with Crippen LogP contribution in [0.1, 0.15) is 11.1 Å². The van der Waals surface area contributed by atoms with Crippen molar-refractivity contribution >= 4 is 49.7 Å². The van der Waals surface area contributed by atoms with Gasteiger partial charge in [0.2, 0.25) is 0 Å². The molecule has 1 N–H and O–H groups in total. The van der Waals surface area contributed by atoms with Gasteiger partial charge in [-0.05, 0) is 37.1 Å². The highest BCUT2D eigenvalue weighted by molar-refractivity contribution is 9.10. The fourth-order valence-electron chi connectivity index (χ4n) is 1.53. The van der Waals surface area contributed by atoms with Crippen molar-refractivity contribution in [3.8, 4) is 0 Å². The molecular formula is C11H10BrClN2S. The van der Waals surface area contributed by atoms with E-state index in [4.69, 9.17) is 11.6 Å². The molecule has 0 bridgehead atoms. The highest BCUT2D eigenvalue weighted by Gasteiger charge is 2.06. The number of benzene rings is 1. The molecule has 2 aromatic rings. The summed E-state index contributed by atoms with van der Waals surface area (Å²) in [6.45, 7) is 4.13. The van der Waals surface area contributed by atoms with Crippen LogP contribution in [-0.2, 0) is 0 Å². The molecule has 1 aromatic carbocycles. The fraction of sp³-hybridized carbons (Fsp3) is 0.182. The first-order valence-electron chi connectivity index (χ1n) is 4.71. The lowest BCUT2D eigenvalue weighted by Crippen LogP contribution is -1.95. The highest BCUT2D eigenvalue weighted by atomic mass is 79.9. The van der Waals surface area contributed by atoms with Crippen molar-refractivity contribution in [3.05, 3.63) is 38.3 Å². The molecule has 0 saturated carbocycles. The summed E-state index contributed by atoms with van der Waals surface area (Å²) in [5, 5.41) is 6.45. The monoisotopic (exact) mass is 316 g/mol. The van der Waals surface area contributed by atoms with Gasteiger partial charge >= 0.3 is 0 Å². The molecule has 84 valence electrons. The van der Waals surface area contributed by atoms with E-state index in [9.17, 15) is 0 Å². The second-order valence-corrected chi connectivity index (χ2v) is 5.68. The smallest absolute Gasteiger partial charge is 0.188 e. The standard InChI is InChI=1S/C11H10BrClN2S/c1-6-3-8(12)4-7(2)10(6)15-11-14-9(13)5-16-11/h3-5H,1-2H3,(H,14,15). The van der Waals surface area contributed by atoms with Crippen LogP contribution < -0.4 is 5.32 Å². The maximum Gasteiger partial charge on any atom is 0.188 e. The van der Waals surface area contributed by atoms with Gasteiger partial charge in [-0.25, -0.2) is 4.98 Å². The van der Waals surface area contributed by atoms with Crippen LogP contribution in [0.4, 0.5) is 10.8 Å². The predicted molar refractivity (Wildman–Crippen MR) is 74.0 cm³/mol. The summed E-state index contributed by atoms with van der Waals surface area (Å²) >= 11 is 10.8. The quantitative estimate of drug-likeness (QED) is 0.850. The largest absolute Gasteiger partial charge is 0.331 e. The highest BCUT2D eigenvalue weighted by Crippen LogP contribution is 2.30. The topological polar surface area (TPSA) is 24.9 Å². The summed E-state index contributed by atoms with van der Waals surface area (Å²) in [5.41, 5.74) is 3.45. The van der Waals surface area contributed by atoms with Crippen molar-refractivity contribution in [2.75, 3.05) is 5.32 Å². The molecule has 0 aliphatic heterocycles. The number of aryl methyl sites for hydroxylation is 2.